The molecular weight excluding hydrogens is 102 g/mol. The summed E-state index contributed by atoms with van der Waals surface area (Å²) < 4.78 is 5.27. The number of hydrogen-bond acceptors (Lipinski definition) is 2. The van der Waals surface area contributed by atoms with E-state index in [4.69, 9.17) is 4.74 Å². The molecule has 0 saturated heterocycles. The maximum absolute atomic E-state index is 5.27. The molecule has 0 spiro atoms. The van der Waals surface area contributed by atoms with Crippen molar-refractivity contribution in [2.75, 3.05) is 6.73 Å². The van der Waals surface area contributed by atoms with Gasteiger partial charge in [-0.15, -0.1) is 0 Å². The molecule has 2 heteroatoms. The van der Waals surface area contributed by atoms with Gasteiger partial charge in [-0.25, -0.2) is 0 Å². The van der Waals surface area contributed by atoms with Crippen LogP contribution in [0.5, 0.6) is 0 Å². The van der Waals surface area contributed by atoms with E-state index in [1.807, 2.05) is 26.1 Å². The second kappa shape index (κ2) is 1.78. The van der Waals surface area contributed by atoms with E-state index in [9.17, 15) is 0 Å². The molecule has 0 unspecified atom stereocenters. The lowest BCUT2D eigenvalue weighted by Gasteiger charge is -2.24. The molecule has 0 atom stereocenters. The lowest BCUT2D eigenvalue weighted by Crippen LogP contribution is -2.31. The second-order valence-electron chi connectivity index (χ2n) is 2.43. The quantitative estimate of drug-likeness (QED) is 0.503. The first-order chi connectivity index (χ1) is 3.71. The van der Waals surface area contributed by atoms with Gasteiger partial charge in [0.1, 0.15) is 6.73 Å². The Balaban J connectivity index is 2.56. The third kappa shape index (κ3) is 1.23. The van der Waals surface area contributed by atoms with Crippen molar-refractivity contribution < 1.29 is 4.74 Å². The molecule has 0 aliphatic carbocycles. The largest absolute Gasteiger partial charge is 0.369 e. The highest BCUT2D eigenvalue weighted by atomic mass is 16.5. The zero-order valence-corrected chi connectivity index (χ0v) is 5.27. The molecule has 0 bridgehead atoms. The molecule has 1 heterocycles. The van der Waals surface area contributed by atoms with Crippen LogP contribution < -0.4 is 5.32 Å². The van der Waals surface area contributed by atoms with Gasteiger partial charge in [-0.3, -0.25) is 0 Å². The molecule has 0 aromatic rings. The SMILES string of the molecule is CC1(C)C=CNCO1. The average Bonchev–Trinajstić information content (AvgIpc) is 1.65. The van der Waals surface area contributed by atoms with Crippen molar-refractivity contribution in [1.82, 2.24) is 5.32 Å². The zero-order chi connectivity index (χ0) is 6.04. The monoisotopic (exact) mass is 113 g/mol. The highest BCUT2D eigenvalue weighted by molar-refractivity contribution is 4.97. The molecule has 46 valence electrons. The topological polar surface area (TPSA) is 21.3 Å². The molecule has 2 nitrogen and oxygen atoms in total. The van der Waals surface area contributed by atoms with Gasteiger partial charge in [0.25, 0.3) is 0 Å². The van der Waals surface area contributed by atoms with E-state index >= 15 is 0 Å². The van der Waals surface area contributed by atoms with Crippen LogP contribution >= 0.6 is 0 Å². The minimum atomic E-state index is -0.0642. The molecule has 1 aliphatic heterocycles. The predicted octanol–water partition coefficient (Wildman–Crippen LogP) is 0.856. The number of nitrogens with one attached hydrogen (secondary N) is 1. The fourth-order valence-electron chi connectivity index (χ4n) is 0.584. The van der Waals surface area contributed by atoms with Crippen molar-refractivity contribution in [2.24, 2.45) is 0 Å². The normalized spacial score (nSPS) is 24.8. The van der Waals surface area contributed by atoms with Crippen LogP contribution in [0.2, 0.25) is 0 Å². The summed E-state index contributed by atoms with van der Waals surface area (Å²) in [6.45, 7) is 4.69. The molecule has 0 aromatic carbocycles. The van der Waals surface area contributed by atoms with E-state index in [2.05, 4.69) is 5.32 Å². The molecule has 1 rings (SSSR count). The van der Waals surface area contributed by atoms with E-state index in [0.717, 1.165) is 0 Å². The third-order valence-electron chi connectivity index (χ3n) is 1.13. The fraction of sp³-hybridized carbons (Fsp3) is 0.667. The van der Waals surface area contributed by atoms with Gasteiger partial charge >= 0.3 is 0 Å². The Hall–Kier alpha value is -0.500. The van der Waals surface area contributed by atoms with Crippen molar-refractivity contribution in [3.8, 4) is 0 Å². The van der Waals surface area contributed by atoms with Crippen LogP contribution in [0, 0.1) is 0 Å². The highest BCUT2D eigenvalue weighted by Gasteiger charge is 2.15. The summed E-state index contributed by atoms with van der Waals surface area (Å²) in [5.74, 6) is 0. The minimum absolute atomic E-state index is 0.0642. The summed E-state index contributed by atoms with van der Waals surface area (Å²) in [5.41, 5.74) is -0.0642. The van der Waals surface area contributed by atoms with Crippen LogP contribution in [-0.4, -0.2) is 12.3 Å². The fourth-order valence-corrected chi connectivity index (χ4v) is 0.584. The Kier molecular flexibility index (Phi) is 1.26. The predicted molar refractivity (Wildman–Crippen MR) is 32.3 cm³/mol. The summed E-state index contributed by atoms with van der Waals surface area (Å²) in [5, 5.41) is 2.94. The van der Waals surface area contributed by atoms with Gasteiger partial charge in [-0.05, 0) is 26.1 Å². The average molecular weight is 113 g/mol. The zero-order valence-electron chi connectivity index (χ0n) is 5.27. The first-order valence-corrected chi connectivity index (χ1v) is 2.76. The van der Waals surface area contributed by atoms with Crippen molar-refractivity contribution in [3.05, 3.63) is 12.3 Å². The van der Waals surface area contributed by atoms with Gasteiger partial charge in [0, 0.05) is 0 Å². The van der Waals surface area contributed by atoms with Gasteiger partial charge in [0.2, 0.25) is 0 Å². The van der Waals surface area contributed by atoms with Gasteiger partial charge in [0.15, 0.2) is 0 Å². The van der Waals surface area contributed by atoms with Crippen LogP contribution in [0.25, 0.3) is 0 Å². The second-order valence-corrected chi connectivity index (χ2v) is 2.43. The lowest BCUT2D eigenvalue weighted by atomic mass is 10.1. The minimum Gasteiger partial charge on any atom is -0.369 e. The van der Waals surface area contributed by atoms with E-state index < -0.39 is 0 Å². The van der Waals surface area contributed by atoms with Gasteiger partial charge in [0.05, 0.1) is 5.60 Å². The Morgan fingerprint density at radius 2 is 2.38 bits per heavy atom. The standard InChI is InChI=1S/C6H11NO/c1-6(2)3-4-7-5-8-6/h3-4,7H,5H2,1-2H3. The smallest absolute Gasteiger partial charge is 0.117 e. The molecule has 0 aromatic heterocycles. The van der Waals surface area contributed by atoms with E-state index in [1.54, 1.807) is 0 Å². The molecule has 0 radical (unpaired) electrons. The Morgan fingerprint density at radius 1 is 1.62 bits per heavy atom. The Labute approximate surface area is 49.5 Å². The summed E-state index contributed by atoms with van der Waals surface area (Å²) in [6, 6.07) is 0. The van der Waals surface area contributed by atoms with Crippen molar-refractivity contribution >= 4 is 0 Å². The molecule has 8 heavy (non-hydrogen) atoms. The summed E-state index contributed by atoms with van der Waals surface area (Å²) >= 11 is 0. The molecule has 0 saturated carbocycles. The van der Waals surface area contributed by atoms with Crippen molar-refractivity contribution in [2.45, 2.75) is 19.4 Å². The van der Waals surface area contributed by atoms with Crippen LogP contribution in [-0.2, 0) is 4.74 Å². The van der Waals surface area contributed by atoms with Gasteiger partial charge in [-0.1, -0.05) is 0 Å². The maximum Gasteiger partial charge on any atom is 0.117 e. The first kappa shape index (κ1) is 5.63. The van der Waals surface area contributed by atoms with Crippen LogP contribution in [0.4, 0.5) is 0 Å². The Bertz CT molecular complexity index is 107. The number of ether oxygens (including phenoxy) is 1. The van der Waals surface area contributed by atoms with Crippen molar-refractivity contribution in [3.63, 3.8) is 0 Å². The summed E-state index contributed by atoms with van der Waals surface area (Å²) in [6.07, 6.45) is 3.92. The van der Waals surface area contributed by atoms with E-state index in [-0.39, 0.29) is 5.60 Å². The van der Waals surface area contributed by atoms with Crippen LogP contribution in [0.3, 0.4) is 0 Å². The lowest BCUT2D eigenvalue weighted by molar-refractivity contribution is 0.00358. The summed E-state index contributed by atoms with van der Waals surface area (Å²) in [7, 11) is 0. The van der Waals surface area contributed by atoms with Crippen molar-refractivity contribution in [1.29, 1.82) is 0 Å². The maximum atomic E-state index is 5.27. The molecular formula is C6H11NO. The molecule has 0 fully saturated rings. The number of hydrogen-bond donors (Lipinski definition) is 1. The van der Waals surface area contributed by atoms with E-state index in [1.165, 1.54) is 0 Å². The molecule has 1 aliphatic rings. The van der Waals surface area contributed by atoms with Crippen LogP contribution in [0.1, 0.15) is 13.8 Å². The highest BCUT2D eigenvalue weighted by Crippen LogP contribution is 2.11. The summed E-state index contributed by atoms with van der Waals surface area (Å²) in [4.78, 5) is 0. The van der Waals surface area contributed by atoms with Gasteiger partial charge < -0.3 is 10.1 Å². The van der Waals surface area contributed by atoms with Crippen LogP contribution in [0.15, 0.2) is 12.3 Å². The first-order valence-electron chi connectivity index (χ1n) is 2.76. The Morgan fingerprint density at radius 3 is 2.62 bits per heavy atom. The third-order valence-corrected chi connectivity index (χ3v) is 1.13. The number of rotatable bonds is 0. The molecule has 1 N–H and O–H groups in total. The molecule has 0 amide bonds. The van der Waals surface area contributed by atoms with Gasteiger partial charge in [-0.2, -0.15) is 0 Å². The van der Waals surface area contributed by atoms with E-state index in [0.29, 0.717) is 6.73 Å².